The fourth-order valence-electron chi connectivity index (χ4n) is 0.820. The molecule has 0 aliphatic rings. The number of rotatable bonds is 1. The Morgan fingerprint density at radius 2 is 2.18 bits per heavy atom. The summed E-state index contributed by atoms with van der Waals surface area (Å²) in [4.78, 5) is 10.8. The van der Waals surface area contributed by atoms with Gasteiger partial charge in [-0.25, -0.2) is 0 Å². The minimum Gasteiger partial charge on any atom is -0.276 e. The van der Waals surface area contributed by atoms with E-state index in [1.54, 1.807) is 12.1 Å². The van der Waals surface area contributed by atoms with E-state index < -0.39 is 5.24 Å². The summed E-state index contributed by atoms with van der Waals surface area (Å²) in [5.74, 6) is 0. The van der Waals surface area contributed by atoms with Gasteiger partial charge in [0.25, 0.3) is 5.24 Å². The van der Waals surface area contributed by atoms with Crippen LogP contribution >= 0.6 is 27.5 Å². The fourth-order valence-corrected chi connectivity index (χ4v) is 1.39. The first-order valence-electron chi connectivity index (χ1n) is 3.08. The number of carbonyl (C=O) groups is 1. The molecule has 1 aromatic rings. The van der Waals surface area contributed by atoms with Crippen molar-refractivity contribution in [3.8, 4) is 0 Å². The Balaban J connectivity index is 3.27. The SMILES string of the molecule is Cc1c(Br)cccc1C(=O)Cl. The van der Waals surface area contributed by atoms with Crippen LogP contribution in [0.15, 0.2) is 22.7 Å². The minimum atomic E-state index is -0.413. The lowest BCUT2D eigenvalue weighted by molar-refractivity contribution is 0.108. The molecule has 1 aromatic carbocycles. The molecule has 0 heterocycles. The van der Waals surface area contributed by atoms with E-state index in [4.69, 9.17) is 11.6 Å². The third-order valence-electron chi connectivity index (χ3n) is 1.48. The van der Waals surface area contributed by atoms with Crippen LogP contribution in [0.1, 0.15) is 15.9 Å². The zero-order valence-electron chi connectivity index (χ0n) is 5.90. The summed E-state index contributed by atoms with van der Waals surface area (Å²) in [6, 6.07) is 5.36. The van der Waals surface area contributed by atoms with Crippen LogP contribution in [-0.2, 0) is 0 Å². The summed E-state index contributed by atoms with van der Waals surface area (Å²) in [5, 5.41) is -0.413. The maximum absolute atomic E-state index is 10.8. The first-order valence-corrected chi connectivity index (χ1v) is 4.25. The highest BCUT2D eigenvalue weighted by molar-refractivity contribution is 9.10. The topological polar surface area (TPSA) is 17.1 Å². The second-order valence-electron chi connectivity index (χ2n) is 2.19. The van der Waals surface area contributed by atoms with Crippen molar-refractivity contribution in [3.05, 3.63) is 33.8 Å². The van der Waals surface area contributed by atoms with Gasteiger partial charge in [-0.15, -0.1) is 0 Å². The minimum absolute atomic E-state index is 0.413. The molecule has 0 atom stereocenters. The summed E-state index contributed by atoms with van der Waals surface area (Å²) < 4.78 is 0.906. The molecular formula is C8H6BrClO. The first kappa shape index (κ1) is 8.75. The van der Waals surface area contributed by atoms with Crippen molar-refractivity contribution in [2.45, 2.75) is 6.92 Å². The molecule has 11 heavy (non-hydrogen) atoms. The molecule has 0 aliphatic carbocycles. The Hall–Kier alpha value is -0.340. The van der Waals surface area contributed by atoms with Crippen LogP contribution in [0.4, 0.5) is 0 Å². The standard InChI is InChI=1S/C8H6BrClO/c1-5-6(8(10)11)3-2-4-7(5)9/h2-4H,1H3. The van der Waals surface area contributed by atoms with Gasteiger partial charge < -0.3 is 0 Å². The van der Waals surface area contributed by atoms with Gasteiger partial charge in [-0.3, -0.25) is 4.79 Å². The molecule has 0 spiro atoms. The van der Waals surface area contributed by atoms with Crippen molar-refractivity contribution in [1.29, 1.82) is 0 Å². The molecule has 0 amide bonds. The van der Waals surface area contributed by atoms with E-state index in [-0.39, 0.29) is 0 Å². The van der Waals surface area contributed by atoms with Crippen molar-refractivity contribution in [2.75, 3.05) is 0 Å². The lowest BCUT2D eigenvalue weighted by atomic mass is 10.1. The monoisotopic (exact) mass is 232 g/mol. The van der Waals surface area contributed by atoms with Gasteiger partial charge in [0.05, 0.1) is 0 Å². The van der Waals surface area contributed by atoms with E-state index in [9.17, 15) is 4.79 Å². The van der Waals surface area contributed by atoms with Crippen molar-refractivity contribution >= 4 is 32.8 Å². The van der Waals surface area contributed by atoms with E-state index in [0.717, 1.165) is 10.0 Å². The van der Waals surface area contributed by atoms with Gasteiger partial charge in [-0.2, -0.15) is 0 Å². The van der Waals surface area contributed by atoms with Crippen LogP contribution < -0.4 is 0 Å². The molecule has 58 valence electrons. The molecular weight excluding hydrogens is 227 g/mol. The molecule has 1 rings (SSSR count). The average molecular weight is 233 g/mol. The molecule has 0 saturated carbocycles. The fraction of sp³-hybridized carbons (Fsp3) is 0.125. The predicted octanol–water partition coefficient (Wildman–Crippen LogP) is 3.14. The van der Waals surface area contributed by atoms with Gasteiger partial charge in [0.15, 0.2) is 0 Å². The Morgan fingerprint density at radius 3 is 2.64 bits per heavy atom. The van der Waals surface area contributed by atoms with E-state index in [0.29, 0.717) is 5.56 Å². The maximum atomic E-state index is 10.8. The van der Waals surface area contributed by atoms with Crippen molar-refractivity contribution in [1.82, 2.24) is 0 Å². The number of hydrogen-bond donors (Lipinski definition) is 0. The molecule has 3 heteroatoms. The second-order valence-corrected chi connectivity index (χ2v) is 3.38. The quantitative estimate of drug-likeness (QED) is 0.681. The third kappa shape index (κ3) is 1.82. The van der Waals surface area contributed by atoms with E-state index in [1.165, 1.54) is 0 Å². The molecule has 0 unspecified atom stereocenters. The Morgan fingerprint density at radius 1 is 1.55 bits per heavy atom. The predicted molar refractivity (Wildman–Crippen MR) is 49.1 cm³/mol. The molecule has 0 aromatic heterocycles. The number of halogens is 2. The number of hydrogen-bond acceptors (Lipinski definition) is 1. The Kier molecular flexibility index (Phi) is 2.68. The lowest BCUT2D eigenvalue weighted by Gasteiger charge is -2.00. The van der Waals surface area contributed by atoms with Crippen LogP contribution in [0.25, 0.3) is 0 Å². The van der Waals surface area contributed by atoms with Crippen LogP contribution in [-0.4, -0.2) is 5.24 Å². The maximum Gasteiger partial charge on any atom is 0.252 e. The van der Waals surface area contributed by atoms with Crippen LogP contribution in [0, 0.1) is 6.92 Å². The van der Waals surface area contributed by atoms with Gasteiger partial charge in [-0.05, 0) is 36.2 Å². The number of benzene rings is 1. The number of carbonyl (C=O) groups excluding carboxylic acids is 1. The van der Waals surface area contributed by atoms with Crippen molar-refractivity contribution in [2.24, 2.45) is 0 Å². The summed E-state index contributed by atoms with van der Waals surface area (Å²) in [5.41, 5.74) is 1.44. The van der Waals surface area contributed by atoms with E-state index in [1.807, 2.05) is 13.0 Å². The highest BCUT2D eigenvalue weighted by Crippen LogP contribution is 2.20. The van der Waals surface area contributed by atoms with Crippen LogP contribution in [0.3, 0.4) is 0 Å². The largest absolute Gasteiger partial charge is 0.276 e. The molecule has 0 aliphatic heterocycles. The van der Waals surface area contributed by atoms with Crippen molar-refractivity contribution < 1.29 is 4.79 Å². The van der Waals surface area contributed by atoms with Gasteiger partial charge in [-0.1, -0.05) is 22.0 Å². The smallest absolute Gasteiger partial charge is 0.252 e. The molecule has 1 nitrogen and oxygen atoms in total. The molecule has 0 bridgehead atoms. The van der Waals surface area contributed by atoms with Crippen LogP contribution in [0.5, 0.6) is 0 Å². The summed E-state index contributed by atoms with van der Waals surface area (Å²) in [7, 11) is 0. The molecule has 0 saturated heterocycles. The Bertz CT molecular complexity index is 296. The zero-order valence-corrected chi connectivity index (χ0v) is 8.24. The van der Waals surface area contributed by atoms with Crippen LogP contribution in [0.2, 0.25) is 0 Å². The van der Waals surface area contributed by atoms with Gasteiger partial charge >= 0.3 is 0 Å². The lowest BCUT2D eigenvalue weighted by Crippen LogP contribution is -1.92. The highest BCUT2D eigenvalue weighted by atomic mass is 79.9. The zero-order chi connectivity index (χ0) is 8.43. The van der Waals surface area contributed by atoms with E-state index >= 15 is 0 Å². The van der Waals surface area contributed by atoms with Crippen molar-refractivity contribution in [3.63, 3.8) is 0 Å². The van der Waals surface area contributed by atoms with Gasteiger partial charge in [0.1, 0.15) is 0 Å². The molecule has 0 radical (unpaired) electrons. The average Bonchev–Trinajstić information content (AvgIpc) is 1.94. The summed E-state index contributed by atoms with van der Waals surface area (Å²) >= 11 is 8.62. The highest BCUT2D eigenvalue weighted by Gasteiger charge is 2.06. The van der Waals surface area contributed by atoms with E-state index in [2.05, 4.69) is 15.9 Å². The Labute approximate surface area is 78.5 Å². The molecule has 0 N–H and O–H groups in total. The summed E-state index contributed by atoms with van der Waals surface area (Å²) in [6.45, 7) is 1.85. The van der Waals surface area contributed by atoms with Gasteiger partial charge in [0, 0.05) is 10.0 Å². The molecule has 0 fully saturated rings. The first-order chi connectivity index (χ1) is 5.13. The second kappa shape index (κ2) is 3.37. The van der Waals surface area contributed by atoms with Gasteiger partial charge in [0.2, 0.25) is 0 Å². The summed E-state index contributed by atoms with van der Waals surface area (Å²) in [6.07, 6.45) is 0. The third-order valence-corrected chi connectivity index (χ3v) is 2.54. The normalized spacial score (nSPS) is 9.73.